The zero-order valence-electron chi connectivity index (χ0n) is 28.5. The van der Waals surface area contributed by atoms with Crippen LogP contribution in [0, 0.1) is 0 Å². The van der Waals surface area contributed by atoms with Gasteiger partial charge in [-0.05, 0) is 104 Å². The quantitative estimate of drug-likeness (QED) is 0.170. The van der Waals surface area contributed by atoms with Crippen LogP contribution in [0.3, 0.4) is 0 Å². The van der Waals surface area contributed by atoms with Crippen LogP contribution in [0.15, 0.2) is 206 Å². The van der Waals surface area contributed by atoms with Crippen molar-refractivity contribution in [2.24, 2.45) is 0 Å². The Hall–Kier alpha value is -6.90. The molecule has 9 aromatic rings. The van der Waals surface area contributed by atoms with E-state index in [1.165, 1.54) is 38.9 Å². The highest BCUT2D eigenvalue weighted by Gasteiger charge is 2.13. The molecule has 0 aliphatic rings. The summed E-state index contributed by atoms with van der Waals surface area (Å²) in [7, 11) is 0. The van der Waals surface area contributed by atoms with Gasteiger partial charge in [0, 0.05) is 22.7 Å². The fourth-order valence-corrected chi connectivity index (χ4v) is 7.05. The van der Waals surface area contributed by atoms with E-state index in [0.29, 0.717) is 0 Å². The van der Waals surface area contributed by atoms with Gasteiger partial charge in [-0.2, -0.15) is 0 Å². The maximum atomic E-state index is 5.15. The Labute approximate surface area is 304 Å². The average Bonchev–Trinajstić information content (AvgIpc) is 3.24. The summed E-state index contributed by atoms with van der Waals surface area (Å²) in [5, 5.41) is 1.09. The summed E-state index contributed by atoms with van der Waals surface area (Å²) in [5.41, 5.74) is 16.8. The number of aromatic nitrogens is 2. The van der Waals surface area contributed by atoms with Gasteiger partial charge in [-0.25, -0.2) is 4.98 Å². The molecule has 0 saturated carbocycles. The second-order valence-electron chi connectivity index (χ2n) is 13.1. The molecule has 9 rings (SSSR count). The molecule has 0 atom stereocenters. The highest BCUT2D eigenvalue weighted by atomic mass is 14.7. The summed E-state index contributed by atoms with van der Waals surface area (Å²) in [5.74, 6) is 0. The number of rotatable bonds is 7. The fourth-order valence-electron chi connectivity index (χ4n) is 7.05. The Kier molecular flexibility index (Phi) is 8.24. The van der Waals surface area contributed by atoms with E-state index in [4.69, 9.17) is 9.97 Å². The first kappa shape index (κ1) is 31.1. The van der Waals surface area contributed by atoms with Crippen molar-refractivity contribution in [1.29, 1.82) is 0 Å². The second-order valence-corrected chi connectivity index (χ2v) is 13.1. The van der Waals surface area contributed by atoms with Gasteiger partial charge in [-0.3, -0.25) is 4.98 Å². The predicted octanol–water partition coefficient (Wildman–Crippen LogP) is 13.3. The van der Waals surface area contributed by atoms with Crippen LogP contribution in [0.2, 0.25) is 0 Å². The molecule has 0 fully saturated rings. The third-order valence-corrected chi connectivity index (χ3v) is 9.71. The molecule has 0 radical (unpaired) electrons. The van der Waals surface area contributed by atoms with E-state index in [2.05, 4.69) is 188 Å². The average molecular weight is 663 g/mol. The van der Waals surface area contributed by atoms with Crippen molar-refractivity contribution in [3.8, 4) is 78.1 Å². The lowest BCUT2D eigenvalue weighted by molar-refractivity contribution is 1.32. The normalized spacial score (nSPS) is 11.1. The lowest BCUT2D eigenvalue weighted by Gasteiger charge is -2.12. The summed E-state index contributed by atoms with van der Waals surface area (Å²) in [4.78, 5) is 9.99. The molecular weight excluding hydrogens is 629 g/mol. The zero-order valence-corrected chi connectivity index (χ0v) is 28.5. The number of para-hydroxylation sites is 1. The molecule has 0 bridgehead atoms. The van der Waals surface area contributed by atoms with Crippen LogP contribution < -0.4 is 0 Å². The van der Waals surface area contributed by atoms with E-state index in [0.717, 1.165) is 50.1 Å². The third kappa shape index (κ3) is 6.30. The number of hydrogen-bond donors (Lipinski definition) is 0. The topological polar surface area (TPSA) is 25.8 Å². The van der Waals surface area contributed by atoms with Gasteiger partial charge in [0.25, 0.3) is 0 Å². The van der Waals surface area contributed by atoms with E-state index in [-0.39, 0.29) is 0 Å². The van der Waals surface area contributed by atoms with Crippen LogP contribution >= 0.6 is 0 Å². The van der Waals surface area contributed by atoms with Crippen LogP contribution in [-0.2, 0) is 0 Å². The lowest BCUT2D eigenvalue weighted by atomic mass is 9.94. The second kappa shape index (κ2) is 13.8. The van der Waals surface area contributed by atoms with Crippen LogP contribution in [0.25, 0.3) is 89.1 Å². The maximum absolute atomic E-state index is 5.15. The molecule has 0 aliphatic heterocycles. The molecule has 2 nitrogen and oxygen atoms in total. The Morgan fingerprint density at radius 1 is 0.269 bits per heavy atom. The summed E-state index contributed by atoms with van der Waals surface area (Å²) in [6, 6.07) is 70.9. The fraction of sp³-hybridized carbons (Fsp3) is 0. The van der Waals surface area contributed by atoms with E-state index in [1.54, 1.807) is 0 Å². The van der Waals surface area contributed by atoms with Crippen LogP contribution in [0.4, 0.5) is 0 Å². The third-order valence-electron chi connectivity index (χ3n) is 9.71. The van der Waals surface area contributed by atoms with E-state index in [1.807, 2.05) is 18.3 Å². The highest BCUT2D eigenvalue weighted by Crippen LogP contribution is 2.36. The highest BCUT2D eigenvalue weighted by molar-refractivity contribution is 5.96. The lowest BCUT2D eigenvalue weighted by Crippen LogP contribution is -1.92. The van der Waals surface area contributed by atoms with Crippen molar-refractivity contribution in [2.75, 3.05) is 0 Å². The van der Waals surface area contributed by atoms with E-state index in [9.17, 15) is 0 Å². The van der Waals surface area contributed by atoms with Crippen LogP contribution in [0.1, 0.15) is 0 Å². The van der Waals surface area contributed by atoms with Crippen molar-refractivity contribution < 1.29 is 0 Å². The predicted molar refractivity (Wildman–Crippen MR) is 218 cm³/mol. The largest absolute Gasteiger partial charge is 0.256 e. The molecule has 0 spiro atoms. The Bertz CT molecular complexity index is 2680. The smallest absolute Gasteiger partial charge is 0.0716 e. The first-order valence-corrected chi connectivity index (χ1v) is 17.6. The molecule has 2 heterocycles. The monoisotopic (exact) mass is 662 g/mol. The Morgan fingerprint density at radius 3 is 1.21 bits per heavy atom. The van der Waals surface area contributed by atoms with Gasteiger partial charge < -0.3 is 0 Å². The number of nitrogens with zero attached hydrogens (tertiary/aromatic N) is 2. The molecule has 0 amide bonds. The minimum absolute atomic E-state index is 0.920. The zero-order chi connectivity index (χ0) is 34.7. The van der Waals surface area contributed by atoms with Gasteiger partial charge >= 0.3 is 0 Å². The molecule has 7 aromatic carbocycles. The number of fused-ring (bicyclic) bond motifs is 1. The Balaban J connectivity index is 1.06. The van der Waals surface area contributed by atoms with Gasteiger partial charge in [-0.15, -0.1) is 0 Å². The van der Waals surface area contributed by atoms with Crippen molar-refractivity contribution in [3.05, 3.63) is 206 Å². The first-order chi connectivity index (χ1) is 25.7. The van der Waals surface area contributed by atoms with Gasteiger partial charge in [-0.1, -0.05) is 152 Å². The van der Waals surface area contributed by atoms with Gasteiger partial charge in [0.05, 0.1) is 16.9 Å². The van der Waals surface area contributed by atoms with Crippen molar-refractivity contribution >= 4 is 10.9 Å². The molecular formula is C50H34N2. The van der Waals surface area contributed by atoms with Crippen LogP contribution in [-0.4, -0.2) is 9.97 Å². The summed E-state index contributed by atoms with van der Waals surface area (Å²) < 4.78 is 0. The van der Waals surface area contributed by atoms with Crippen molar-refractivity contribution in [1.82, 2.24) is 9.97 Å². The molecule has 244 valence electrons. The van der Waals surface area contributed by atoms with Gasteiger partial charge in [0.2, 0.25) is 0 Å². The van der Waals surface area contributed by atoms with Gasteiger partial charge in [0.1, 0.15) is 0 Å². The van der Waals surface area contributed by atoms with E-state index < -0.39 is 0 Å². The molecule has 0 aliphatic carbocycles. The maximum Gasteiger partial charge on any atom is 0.0716 e. The Morgan fingerprint density at radius 2 is 0.673 bits per heavy atom. The minimum Gasteiger partial charge on any atom is -0.256 e. The standard InChI is InChI=1S/C50H34N2/c1-3-13-35(14-4-1)37-17-9-18-38(29-37)39-19-10-20-40(30-39)41-21-11-22-42(31-41)43-23-12-24-45(32-43)49-34-47(46-25-7-8-26-48(46)52-49)50-33-44(27-28-51-50)36-15-5-2-6-16-36/h1-34H. The molecule has 0 saturated heterocycles. The number of benzene rings is 7. The molecule has 2 heteroatoms. The molecule has 52 heavy (non-hydrogen) atoms. The molecule has 0 unspecified atom stereocenters. The molecule has 0 N–H and O–H groups in total. The first-order valence-electron chi connectivity index (χ1n) is 17.6. The van der Waals surface area contributed by atoms with E-state index >= 15 is 0 Å². The summed E-state index contributed by atoms with van der Waals surface area (Å²) in [6.07, 6.45) is 1.90. The molecule has 2 aromatic heterocycles. The van der Waals surface area contributed by atoms with Crippen molar-refractivity contribution in [2.45, 2.75) is 0 Å². The van der Waals surface area contributed by atoms with Crippen LogP contribution in [0.5, 0.6) is 0 Å². The minimum atomic E-state index is 0.920. The van der Waals surface area contributed by atoms with Crippen molar-refractivity contribution in [3.63, 3.8) is 0 Å². The number of pyridine rings is 2. The SMILES string of the molecule is c1ccc(-c2cccc(-c3cccc(-c4cccc(-c5cccc(-c6cc(-c7cc(-c8ccccc8)ccn7)c7ccccc7n6)c5)c4)c3)c2)cc1. The summed E-state index contributed by atoms with van der Waals surface area (Å²) >= 11 is 0. The number of hydrogen-bond acceptors (Lipinski definition) is 2. The van der Waals surface area contributed by atoms with Gasteiger partial charge in [0.15, 0.2) is 0 Å². The summed E-state index contributed by atoms with van der Waals surface area (Å²) in [6.45, 7) is 0.